The highest BCUT2D eigenvalue weighted by Crippen LogP contribution is 2.27. The summed E-state index contributed by atoms with van der Waals surface area (Å²) >= 11 is 8.63. The van der Waals surface area contributed by atoms with Crippen LogP contribution in [0, 0.1) is 0 Å². The Morgan fingerprint density at radius 1 is 1.41 bits per heavy atom. The SMILES string of the molecule is O=C(C=C(O)c1ccc(Cl)cc1Br)C(F)(F)F. The van der Waals surface area contributed by atoms with Crippen molar-refractivity contribution in [1.29, 1.82) is 0 Å². The van der Waals surface area contributed by atoms with Crippen LogP contribution in [0.5, 0.6) is 0 Å². The van der Waals surface area contributed by atoms with Gasteiger partial charge < -0.3 is 5.11 Å². The molecule has 7 heteroatoms. The van der Waals surface area contributed by atoms with Crippen molar-refractivity contribution < 1.29 is 23.1 Å². The number of carbonyl (C=O) groups excluding carboxylic acids is 1. The van der Waals surface area contributed by atoms with E-state index < -0.39 is 17.7 Å². The number of aliphatic hydroxyl groups is 1. The van der Waals surface area contributed by atoms with Crippen molar-refractivity contribution >= 4 is 39.1 Å². The van der Waals surface area contributed by atoms with Gasteiger partial charge in [-0.15, -0.1) is 0 Å². The third-order valence-corrected chi connectivity index (χ3v) is 2.65. The van der Waals surface area contributed by atoms with E-state index in [0.717, 1.165) is 0 Å². The van der Waals surface area contributed by atoms with Gasteiger partial charge in [-0.25, -0.2) is 0 Å². The van der Waals surface area contributed by atoms with Crippen molar-refractivity contribution in [2.45, 2.75) is 6.18 Å². The molecule has 0 bridgehead atoms. The molecule has 0 unspecified atom stereocenters. The van der Waals surface area contributed by atoms with Crippen molar-refractivity contribution in [1.82, 2.24) is 0 Å². The van der Waals surface area contributed by atoms with Crippen molar-refractivity contribution in [2.75, 3.05) is 0 Å². The summed E-state index contributed by atoms with van der Waals surface area (Å²) in [6.07, 6.45) is -4.89. The van der Waals surface area contributed by atoms with Crippen molar-refractivity contribution in [3.8, 4) is 0 Å². The van der Waals surface area contributed by atoms with E-state index in [0.29, 0.717) is 5.02 Å². The Bertz CT molecular complexity index is 483. The maximum Gasteiger partial charge on any atom is 0.454 e. The molecule has 1 N–H and O–H groups in total. The minimum Gasteiger partial charge on any atom is -0.507 e. The Kier molecular flexibility index (Phi) is 4.21. The summed E-state index contributed by atoms with van der Waals surface area (Å²) in [5.41, 5.74) is 0.0481. The predicted molar refractivity (Wildman–Crippen MR) is 60.8 cm³/mol. The van der Waals surface area contributed by atoms with Crippen LogP contribution in [0.3, 0.4) is 0 Å². The van der Waals surface area contributed by atoms with Crippen LogP contribution < -0.4 is 0 Å². The summed E-state index contributed by atoms with van der Waals surface area (Å²) in [7, 11) is 0. The van der Waals surface area contributed by atoms with E-state index in [9.17, 15) is 23.1 Å². The second kappa shape index (κ2) is 5.10. The lowest BCUT2D eigenvalue weighted by Gasteiger charge is -2.05. The van der Waals surface area contributed by atoms with E-state index in [2.05, 4.69) is 15.9 Å². The molecule has 92 valence electrons. The van der Waals surface area contributed by atoms with Crippen LogP contribution in [0.25, 0.3) is 5.76 Å². The van der Waals surface area contributed by atoms with Crippen molar-refractivity contribution in [2.24, 2.45) is 0 Å². The topological polar surface area (TPSA) is 37.3 Å². The number of rotatable bonds is 2. The molecule has 0 aliphatic rings. The minimum absolute atomic E-state index is 0.0481. The molecule has 0 amide bonds. The largest absolute Gasteiger partial charge is 0.507 e. The molecule has 1 aromatic rings. The number of aliphatic hydroxyl groups excluding tert-OH is 1. The van der Waals surface area contributed by atoms with Gasteiger partial charge in [-0.2, -0.15) is 13.2 Å². The molecule has 0 atom stereocenters. The number of allylic oxidation sites excluding steroid dienone is 1. The van der Waals surface area contributed by atoms with Crippen LogP contribution in [0.2, 0.25) is 5.02 Å². The van der Waals surface area contributed by atoms with E-state index in [1.54, 1.807) is 0 Å². The summed E-state index contributed by atoms with van der Waals surface area (Å²) in [5.74, 6) is -2.91. The Balaban J connectivity index is 3.09. The Hall–Kier alpha value is -1.01. The van der Waals surface area contributed by atoms with Crippen molar-refractivity contribution in [3.05, 3.63) is 39.3 Å². The third kappa shape index (κ3) is 3.74. The maximum atomic E-state index is 12.0. The van der Waals surface area contributed by atoms with Gasteiger partial charge in [0.05, 0.1) is 0 Å². The zero-order chi connectivity index (χ0) is 13.2. The van der Waals surface area contributed by atoms with Crippen molar-refractivity contribution in [3.63, 3.8) is 0 Å². The first-order chi connectivity index (χ1) is 7.71. The molecular formula is C10H5BrClF3O2. The molecule has 0 aliphatic carbocycles. The first kappa shape index (κ1) is 14.1. The molecule has 1 aromatic carbocycles. The minimum atomic E-state index is -5.01. The average Bonchev–Trinajstić information content (AvgIpc) is 2.15. The van der Waals surface area contributed by atoms with Crippen LogP contribution >= 0.6 is 27.5 Å². The monoisotopic (exact) mass is 328 g/mol. The smallest absolute Gasteiger partial charge is 0.454 e. The zero-order valence-electron chi connectivity index (χ0n) is 8.05. The van der Waals surface area contributed by atoms with Gasteiger partial charge in [0.1, 0.15) is 5.76 Å². The van der Waals surface area contributed by atoms with E-state index in [1.807, 2.05) is 0 Å². The fourth-order valence-electron chi connectivity index (χ4n) is 0.981. The predicted octanol–water partition coefficient (Wildman–Crippen LogP) is 4.13. The standard InChI is InChI=1S/C10H5BrClF3O2/c11-7-3-5(12)1-2-6(7)8(16)4-9(17)10(13,14)15/h1-4,16H. The average molecular weight is 329 g/mol. The Labute approximate surface area is 108 Å². The molecule has 1 rings (SSSR count). The molecule has 0 aromatic heterocycles. The van der Waals surface area contributed by atoms with Gasteiger partial charge in [-0.1, -0.05) is 11.6 Å². The molecule has 0 saturated carbocycles. The highest BCUT2D eigenvalue weighted by Gasteiger charge is 2.37. The number of alkyl halides is 3. The molecule has 0 heterocycles. The van der Waals surface area contributed by atoms with Gasteiger partial charge in [0.2, 0.25) is 0 Å². The third-order valence-electron chi connectivity index (χ3n) is 1.75. The van der Waals surface area contributed by atoms with Crippen LogP contribution in [0.4, 0.5) is 13.2 Å². The van der Waals surface area contributed by atoms with Crippen LogP contribution in [0.1, 0.15) is 5.56 Å². The van der Waals surface area contributed by atoms with Gasteiger partial charge in [-0.3, -0.25) is 4.79 Å². The number of ketones is 1. The summed E-state index contributed by atoms with van der Waals surface area (Å²) < 4.78 is 36.1. The Morgan fingerprint density at radius 2 is 2.00 bits per heavy atom. The fraction of sp³-hybridized carbons (Fsp3) is 0.100. The highest BCUT2D eigenvalue weighted by molar-refractivity contribution is 9.10. The summed E-state index contributed by atoms with van der Waals surface area (Å²) in [6, 6.07) is 4.06. The molecule has 0 spiro atoms. The van der Waals surface area contributed by atoms with Gasteiger partial charge >= 0.3 is 6.18 Å². The van der Waals surface area contributed by atoms with E-state index >= 15 is 0 Å². The quantitative estimate of drug-likeness (QED) is 0.654. The first-order valence-electron chi connectivity index (χ1n) is 4.19. The van der Waals surface area contributed by atoms with Gasteiger partial charge in [0.25, 0.3) is 5.78 Å². The Morgan fingerprint density at radius 3 is 2.47 bits per heavy atom. The first-order valence-corrected chi connectivity index (χ1v) is 5.36. The number of benzene rings is 1. The van der Waals surface area contributed by atoms with E-state index in [-0.39, 0.29) is 16.1 Å². The van der Waals surface area contributed by atoms with Crippen LogP contribution in [-0.2, 0) is 4.79 Å². The molecule has 0 saturated heterocycles. The van der Waals surface area contributed by atoms with Gasteiger partial charge in [0.15, 0.2) is 0 Å². The molecule has 0 radical (unpaired) electrons. The fourth-order valence-corrected chi connectivity index (χ4v) is 1.87. The second-order valence-electron chi connectivity index (χ2n) is 3.02. The number of carbonyl (C=O) groups is 1. The maximum absolute atomic E-state index is 12.0. The lowest BCUT2D eigenvalue weighted by atomic mass is 10.1. The summed E-state index contributed by atoms with van der Waals surface area (Å²) in [5, 5.41) is 9.74. The highest BCUT2D eigenvalue weighted by atomic mass is 79.9. The van der Waals surface area contributed by atoms with E-state index in [4.69, 9.17) is 11.6 Å². The molecule has 17 heavy (non-hydrogen) atoms. The lowest BCUT2D eigenvalue weighted by Crippen LogP contribution is -2.20. The van der Waals surface area contributed by atoms with Gasteiger partial charge in [0, 0.05) is 21.1 Å². The number of halogens is 5. The van der Waals surface area contributed by atoms with E-state index in [1.165, 1.54) is 18.2 Å². The summed E-state index contributed by atoms with van der Waals surface area (Å²) in [4.78, 5) is 10.6. The van der Waals surface area contributed by atoms with Gasteiger partial charge in [-0.05, 0) is 34.1 Å². The normalized spacial score (nSPS) is 12.6. The molecule has 0 fully saturated rings. The molecule has 0 aliphatic heterocycles. The lowest BCUT2D eigenvalue weighted by molar-refractivity contribution is -0.165. The molecular weight excluding hydrogens is 324 g/mol. The molecule has 2 nitrogen and oxygen atoms in total. The number of hydrogen-bond acceptors (Lipinski definition) is 2. The number of hydrogen-bond donors (Lipinski definition) is 1. The zero-order valence-corrected chi connectivity index (χ0v) is 10.4. The summed E-state index contributed by atoms with van der Waals surface area (Å²) in [6.45, 7) is 0. The van der Waals surface area contributed by atoms with Crippen LogP contribution in [-0.4, -0.2) is 17.1 Å². The second-order valence-corrected chi connectivity index (χ2v) is 4.31. The van der Waals surface area contributed by atoms with Crippen LogP contribution in [0.15, 0.2) is 28.7 Å².